The summed E-state index contributed by atoms with van der Waals surface area (Å²) in [5, 5.41) is 0. The van der Waals surface area contributed by atoms with Crippen molar-refractivity contribution in [2.45, 2.75) is 52.5 Å². The molecule has 0 atom stereocenters. The fourth-order valence-electron chi connectivity index (χ4n) is 2.99. The van der Waals surface area contributed by atoms with E-state index < -0.39 is 0 Å². The summed E-state index contributed by atoms with van der Waals surface area (Å²) in [7, 11) is 2.21. The zero-order valence-corrected chi connectivity index (χ0v) is 12.2. The Morgan fingerprint density at radius 1 is 1.22 bits per heavy atom. The zero-order chi connectivity index (χ0) is 13.3. The Morgan fingerprint density at radius 2 is 1.83 bits per heavy atom. The smallest absolute Gasteiger partial charge is 0.0416 e. The number of nitrogen functional groups attached to an aromatic ring is 1. The first-order valence-corrected chi connectivity index (χ1v) is 6.99. The summed E-state index contributed by atoms with van der Waals surface area (Å²) in [6, 6.07) is 6.89. The molecule has 1 aliphatic rings. The Hall–Kier alpha value is -1.18. The van der Waals surface area contributed by atoms with Crippen molar-refractivity contribution in [2.24, 2.45) is 5.41 Å². The number of hydrogen-bond acceptors (Lipinski definition) is 2. The van der Waals surface area contributed by atoms with Gasteiger partial charge in [0.2, 0.25) is 0 Å². The van der Waals surface area contributed by atoms with E-state index in [4.69, 9.17) is 5.73 Å². The van der Waals surface area contributed by atoms with Gasteiger partial charge >= 0.3 is 0 Å². The van der Waals surface area contributed by atoms with Gasteiger partial charge in [0.25, 0.3) is 0 Å². The number of nitrogens with zero attached hydrogens (tertiary/aromatic N) is 1. The lowest BCUT2D eigenvalue weighted by Gasteiger charge is -2.40. The number of anilines is 2. The van der Waals surface area contributed by atoms with E-state index in [1.54, 1.807) is 0 Å². The van der Waals surface area contributed by atoms with E-state index in [0.717, 1.165) is 5.69 Å². The lowest BCUT2D eigenvalue weighted by atomic mass is 9.75. The van der Waals surface area contributed by atoms with Crippen LogP contribution < -0.4 is 10.6 Å². The van der Waals surface area contributed by atoms with Gasteiger partial charge in [0.1, 0.15) is 0 Å². The molecule has 2 heteroatoms. The SMILES string of the molecule is Cc1c(N)cccc1N(C)C1CCC(C)(C)CC1. The van der Waals surface area contributed by atoms with E-state index in [9.17, 15) is 0 Å². The Balaban J connectivity index is 2.12. The molecule has 0 bridgehead atoms. The molecule has 0 aliphatic heterocycles. The third-order valence-corrected chi connectivity index (χ3v) is 4.58. The van der Waals surface area contributed by atoms with Crippen LogP contribution in [0.4, 0.5) is 11.4 Å². The number of benzene rings is 1. The maximum absolute atomic E-state index is 6.00. The maximum Gasteiger partial charge on any atom is 0.0416 e. The summed E-state index contributed by atoms with van der Waals surface area (Å²) >= 11 is 0. The average Bonchev–Trinajstić information content (AvgIpc) is 2.32. The zero-order valence-electron chi connectivity index (χ0n) is 12.2. The van der Waals surface area contributed by atoms with Crippen molar-refractivity contribution in [1.82, 2.24) is 0 Å². The van der Waals surface area contributed by atoms with Crippen LogP contribution in [0.15, 0.2) is 18.2 Å². The second kappa shape index (κ2) is 4.83. The fraction of sp³-hybridized carbons (Fsp3) is 0.625. The third-order valence-electron chi connectivity index (χ3n) is 4.58. The molecule has 0 heterocycles. The predicted octanol–water partition coefficient (Wildman–Crippen LogP) is 3.98. The van der Waals surface area contributed by atoms with Crippen molar-refractivity contribution in [3.63, 3.8) is 0 Å². The van der Waals surface area contributed by atoms with Crippen LogP contribution in [0.3, 0.4) is 0 Å². The minimum absolute atomic E-state index is 0.530. The van der Waals surface area contributed by atoms with Gasteiger partial charge in [-0.1, -0.05) is 19.9 Å². The Bertz CT molecular complexity index is 413. The third kappa shape index (κ3) is 2.63. The highest BCUT2D eigenvalue weighted by Crippen LogP contribution is 2.38. The molecule has 1 fully saturated rings. The highest BCUT2D eigenvalue weighted by molar-refractivity contribution is 5.64. The molecule has 0 aromatic heterocycles. The van der Waals surface area contributed by atoms with Crippen LogP contribution in [-0.2, 0) is 0 Å². The summed E-state index contributed by atoms with van der Waals surface area (Å²) < 4.78 is 0. The van der Waals surface area contributed by atoms with E-state index in [1.807, 2.05) is 6.07 Å². The normalized spacial score (nSPS) is 19.8. The summed E-state index contributed by atoms with van der Waals surface area (Å²) in [5.41, 5.74) is 9.94. The molecule has 2 N–H and O–H groups in total. The Labute approximate surface area is 111 Å². The second-order valence-electron chi connectivity index (χ2n) is 6.50. The molecule has 100 valence electrons. The molecule has 2 rings (SSSR count). The molecule has 0 unspecified atom stereocenters. The molecule has 1 aromatic rings. The molecule has 2 nitrogen and oxygen atoms in total. The van der Waals surface area contributed by atoms with Gasteiger partial charge in [-0.25, -0.2) is 0 Å². The van der Waals surface area contributed by atoms with Crippen LogP contribution in [0.25, 0.3) is 0 Å². The molecule has 1 aliphatic carbocycles. The number of nitrogens with two attached hydrogens (primary N) is 1. The van der Waals surface area contributed by atoms with Crippen molar-refractivity contribution < 1.29 is 0 Å². The summed E-state index contributed by atoms with van der Waals surface area (Å²) in [4.78, 5) is 2.43. The predicted molar refractivity (Wildman–Crippen MR) is 80.0 cm³/mol. The number of hydrogen-bond donors (Lipinski definition) is 1. The highest BCUT2D eigenvalue weighted by atomic mass is 15.1. The molecule has 18 heavy (non-hydrogen) atoms. The first kappa shape index (κ1) is 13.3. The van der Waals surface area contributed by atoms with Crippen molar-refractivity contribution in [3.8, 4) is 0 Å². The van der Waals surface area contributed by atoms with Crippen LogP contribution in [-0.4, -0.2) is 13.1 Å². The average molecular weight is 246 g/mol. The van der Waals surface area contributed by atoms with Gasteiger partial charge in [-0.05, 0) is 55.7 Å². The first-order valence-electron chi connectivity index (χ1n) is 6.99. The fourth-order valence-corrected chi connectivity index (χ4v) is 2.99. The minimum Gasteiger partial charge on any atom is -0.398 e. The quantitative estimate of drug-likeness (QED) is 0.800. The Kier molecular flexibility index (Phi) is 3.56. The molecule has 0 spiro atoms. The van der Waals surface area contributed by atoms with Crippen molar-refractivity contribution in [2.75, 3.05) is 17.7 Å². The molecule has 0 radical (unpaired) electrons. The summed E-state index contributed by atoms with van der Waals surface area (Å²) in [6.45, 7) is 6.89. The topological polar surface area (TPSA) is 29.3 Å². The van der Waals surface area contributed by atoms with Gasteiger partial charge < -0.3 is 10.6 Å². The highest BCUT2D eigenvalue weighted by Gasteiger charge is 2.29. The van der Waals surface area contributed by atoms with E-state index >= 15 is 0 Å². The van der Waals surface area contributed by atoms with Gasteiger partial charge in [-0.15, -0.1) is 0 Å². The van der Waals surface area contributed by atoms with Gasteiger partial charge in [0.05, 0.1) is 0 Å². The van der Waals surface area contributed by atoms with Crippen LogP contribution in [0, 0.1) is 12.3 Å². The minimum atomic E-state index is 0.530. The largest absolute Gasteiger partial charge is 0.398 e. The van der Waals surface area contributed by atoms with Gasteiger partial charge in [-0.2, -0.15) is 0 Å². The van der Waals surface area contributed by atoms with E-state index in [0.29, 0.717) is 11.5 Å². The molecule has 1 aromatic carbocycles. The monoisotopic (exact) mass is 246 g/mol. The standard InChI is InChI=1S/C16H26N2/c1-12-14(17)6-5-7-15(12)18(4)13-8-10-16(2,3)11-9-13/h5-7,13H,8-11,17H2,1-4H3. The summed E-state index contributed by atoms with van der Waals surface area (Å²) in [5.74, 6) is 0. The van der Waals surface area contributed by atoms with Gasteiger partial charge in [-0.3, -0.25) is 0 Å². The van der Waals surface area contributed by atoms with E-state index in [1.165, 1.54) is 36.9 Å². The van der Waals surface area contributed by atoms with Crippen LogP contribution in [0.1, 0.15) is 45.1 Å². The van der Waals surface area contributed by atoms with Gasteiger partial charge in [0, 0.05) is 24.5 Å². The molecule has 0 amide bonds. The molecular weight excluding hydrogens is 220 g/mol. The second-order valence-corrected chi connectivity index (χ2v) is 6.50. The summed E-state index contributed by atoms with van der Waals surface area (Å²) in [6.07, 6.45) is 5.22. The van der Waals surface area contributed by atoms with E-state index in [-0.39, 0.29) is 0 Å². The molecule has 1 saturated carbocycles. The van der Waals surface area contributed by atoms with Crippen molar-refractivity contribution >= 4 is 11.4 Å². The van der Waals surface area contributed by atoms with Crippen LogP contribution >= 0.6 is 0 Å². The maximum atomic E-state index is 6.00. The van der Waals surface area contributed by atoms with Crippen LogP contribution in [0.2, 0.25) is 0 Å². The first-order chi connectivity index (χ1) is 8.41. The molecular formula is C16H26N2. The van der Waals surface area contributed by atoms with E-state index in [2.05, 4.69) is 44.9 Å². The molecule has 0 saturated heterocycles. The number of rotatable bonds is 2. The van der Waals surface area contributed by atoms with Gasteiger partial charge in [0.15, 0.2) is 0 Å². The van der Waals surface area contributed by atoms with Crippen molar-refractivity contribution in [3.05, 3.63) is 23.8 Å². The van der Waals surface area contributed by atoms with Crippen molar-refractivity contribution in [1.29, 1.82) is 0 Å². The Morgan fingerprint density at radius 3 is 2.44 bits per heavy atom. The lowest BCUT2D eigenvalue weighted by molar-refractivity contribution is 0.222. The van der Waals surface area contributed by atoms with Crippen LogP contribution in [0.5, 0.6) is 0 Å². The lowest BCUT2D eigenvalue weighted by Crippen LogP contribution is -2.37.